The van der Waals surface area contributed by atoms with Crippen LogP contribution in [0.5, 0.6) is 0 Å². The van der Waals surface area contributed by atoms with Gasteiger partial charge in [-0.25, -0.2) is 4.68 Å². The number of rotatable bonds is 4. The number of benzene rings is 2. The van der Waals surface area contributed by atoms with Crippen LogP contribution in [0.3, 0.4) is 0 Å². The Morgan fingerprint density at radius 3 is 2.32 bits per heavy atom. The van der Waals surface area contributed by atoms with E-state index >= 15 is 0 Å². The van der Waals surface area contributed by atoms with Crippen molar-refractivity contribution in [2.24, 2.45) is 0 Å². The number of amides is 1. The number of nitrogens with zero attached hydrogens (tertiary/aromatic N) is 4. The summed E-state index contributed by atoms with van der Waals surface area (Å²) in [4.78, 5) is 22.6. The molecule has 0 bridgehead atoms. The first-order valence-electron chi connectivity index (χ1n) is 7.51. The van der Waals surface area contributed by atoms with E-state index in [4.69, 9.17) is 0 Å². The minimum absolute atomic E-state index is 0.0421. The van der Waals surface area contributed by atoms with E-state index in [2.05, 4.69) is 15.6 Å². The first-order valence-corrected chi connectivity index (χ1v) is 7.51. The first-order chi connectivity index (χ1) is 12.0. The molecule has 1 N–H and O–H groups in total. The number of hydrogen-bond acceptors (Lipinski definition) is 5. The number of nitro groups is 1. The Balaban J connectivity index is 1.81. The van der Waals surface area contributed by atoms with E-state index < -0.39 is 10.8 Å². The van der Waals surface area contributed by atoms with E-state index in [1.54, 1.807) is 11.6 Å². The Hall–Kier alpha value is -3.55. The smallest absolute Gasteiger partial charge is 0.278 e. The van der Waals surface area contributed by atoms with E-state index in [1.807, 2.05) is 31.2 Å². The number of hydrogen-bond donors (Lipinski definition) is 1. The molecule has 0 atom stereocenters. The van der Waals surface area contributed by atoms with Crippen molar-refractivity contribution in [1.29, 1.82) is 0 Å². The minimum atomic E-state index is -0.497. The van der Waals surface area contributed by atoms with Gasteiger partial charge in [0.2, 0.25) is 0 Å². The van der Waals surface area contributed by atoms with E-state index in [9.17, 15) is 14.9 Å². The summed E-state index contributed by atoms with van der Waals surface area (Å²) in [5.41, 5.74) is 3.13. The minimum Gasteiger partial charge on any atom is -0.321 e. The summed E-state index contributed by atoms with van der Waals surface area (Å²) >= 11 is 0. The predicted molar refractivity (Wildman–Crippen MR) is 91.9 cm³/mol. The molecule has 0 saturated heterocycles. The third kappa shape index (κ3) is 3.37. The maximum Gasteiger partial charge on any atom is 0.278 e. The number of nitro benzene ring substituents is 1. The average molecular weight is 337 g/mol. The first kappa shape index (κ1) is 16.3. The highest BCUT2D eigenvalue weighted by molar-refractivity contribution is 6.03. The summed E-state index contributed by atoms with van der Waals surface area (Å²) in [5, 5.41) is 21.3. The Morgan fingerprint density at radius 2 is 1.72 bits per heavy atom. The second-order valence-electron chi connectivity index (χ2n) is 5.53. The number of aromatic nitrogens is 3. The van der Waals surface area contributed by atoms with Crippen LogP contribution in [0.2, 0.25) is 0 Å². The van der Waals surface area contributed by atoms with Gasteiger partial charge in [0.25, 0.3) is 11.6 Å². The van der Waals surface area contributed by atoms with Crippen LogP contribution in [0.15, 0.2) is 48.5 Å². The van der Waals surface area contributed by atoms with Crippen LogP contribution in [0.25, 0.3) is 5.69 Å². The highest BCUT2D eigenvalue weighted by Gasteiger charge is 2.17. The fourth-order valence-corrected chi connectivity index (χ4v) is 2.33. The summed E-state index contributed by atoms with van der Waals surface area (Å²) in [7, 11) is 0. The molecule has 0 aliphatic rings. The summed E-state index contributed by atoms with van der Waals surface area (Å²) in [6, 6.07) is 13.3. The molecule has 8 nitrogen and oxygen atoms in total. The van der Waals surface area contributed by atoms with Crippen molar-refractivity contribution in [2.75, 3.05) is 5.32 Å². The Bertz CT molecular complexity index is 930. The fraction of sp³-hybridized carbons (Fsp3) is 0.118. The van der Waals surface area contributed by atoms with Gasteiger partial charge in [-0.3, -0.25) is 14.9 Å². The molecule has 25 heavy (non-hydrogen) atoms. The van der Waals surface area contributed by atoms with Gasteiger partial charge in [0, 0.05) is 17.8 Å². The molecule has 1 aromatic heterocycles. The van der Waals surface area contributed by atoms with Crippen molar-refractivity contribution in [3.63, 3.8) is 0 Å². The zero-order valence-corrected chi connectivity index (χ0v) is 13.6. The second kappa shape index (κ2) is 6.52. The van der Waals surface area contributed by atoms with Gasteiger partial charge in [-0.1, -0.05) is 22.9 Å². The molecule has 0 unspecified atom stereocenters. The number of aryl methyl sites for hydroxylation is 1. The van der Waals surface area contributed by atoms with Crippen molar-refractivity contribution in [3.05, 3.63) is 75.6 Å². The lowest BCUT2D eigenvalue weighted by Crippen LogP contribution is -2.14. The molecule has 1 heterocycles. The topological polar surface area (TPSA) is 103 Å². The highest BCUT2D eigenvalue weighted by Crippen LogP contribution is 2.17. The van der Waals surface area contributed by atoms with Crippen LogP contribution in [0.1, 0.15) is 21.7 Å². The predicted octanol–water partition coefficient (Wildman–Crippen LogP) is 3.04. The molecule has 126 valence electrons. The van der Waals surface area contributed by atoms with Crippen molar-refractivity contribution >= 4 is 17.3 Å². The number of carbonyl (C=O) groups excluding carboxylic acids is 1. The highest BCUT2D eigenvalue weighted by atomic mass is 16.6. The molecule has 2 aromatic carbocycles. The Kier molecular flexibility index (Phi) is 4.25. The molecular formula is C17H15N5O3. The quantitative estimate of drug-likeness (QED) is 0.582. The van der Waals surface area contributed by atoms with Gasteiger partial charge in [0.1, 0.15) is 0 Å². The molecule has 0 radical (unpaired) electrons. The molecule has 0 saturated carbocycles. The van der Waals surface area contributed by atoms with Crippen LogP contribution in [-0.4, -0.2) is 25.8 Å². The van der Waals surface area contributed by atoms with Gasteiger partial charge in [0.15, 0.2) is 5.69 Å². The SMILES string of the molecule is Cc1ccc(-n2nnc(C(=O)Nc3ccc([N+](=O)[O-])cc3)c2C)cc1. The number of nitrogens with one attached hydrogen (secondary N) is 1. The zero-order valence-electron chi connectivity index (χ0n) is 13.6. The van der Waals surface area contributed by atoms with Gasteiger partial charge in [-0.05, 0) is 38.1 Å². The fourth-order valence-electron chi connectivity index (χ4n) is 2.33. The third-order valence-electron chi connectivity index (χ3n) is 3.72. The van der Waals surface area contributed by atoms with Gasteiger partial charge in [-0.2, -0.15) is 0 Å². The number of non-ortho nitro benzene ring substituents is 1. The summed E-state index contributed by atoms with van der Waals surface area (Å²) in [6.45, 7) is 3.74. The standard InChI is InChI=1S/C17H15N5O3/c1-11-3-7-14(8-4-11)21-12(2)16(19-20-21)17(23)18-13-5-9-15(10-6-13)22(24)25/h3-10H,1-2H3,(H,18,23). The van der Waals surface area contributed by atoms with Gasteiger partial charge < -0.3 is 5.32 Å². The van der Waals surface area contributed by atoms with Crippen molar-refractivity contribution < 1.29 is 9.72 Å². The molecule has 0 aliphatic carbocycles. The third-order valence-corrected chi connectivity index (χ3v) is 3.72. The van der Waals surface area contributed by atoms with Crippen LogP contribution in [0.4, 0.5) is 11.4 Å². The van der Waals surface area contributed by atoms with Crippen LogP contribution >= 0.6 is 0 Å². The van der Waals surface area contributed by atoms with E-state index in [0.717, 1.165) is 11.3 Å². The lowest BCUT2D eigenvalue weighted by molar-refractivity contribution is -0.384. The van der Waals surface area contributed by atoms with Crippen LogP contribution in [-0.2, 0) is 0 Å². The Labute approximate surface area is 143 Å². The molecule has 0 fully saturated rings. The molecule has 0 aliphatic heterocycles. The van der Waals surface area contributed by atoms with E-state index in [0.29, 0.717) is 11.4 Å². The van der Waals surface area contributed by atoms with Gasteiger partial charge in [0.05, 0.1) is 16.3 Å². The van der Waals surface area contributed by atoms with Gasteiger partial charge >= 0.3 is 0 Å². The summed E-state index contributed by atoms with van der Waals surface area (Å²) in [5.74, 6) is -0.426. The van der Waals surface area contributed by atoms with Crippen molar-refractivity contribution in [3.8, 4) is 5.69 Å². The van der Waals surface area contributed by atoms with E-state index in [-0.39, 0.29) is 11.4 Å². The number of anilines is 1. The molecule has 3 rings (SSSR count). The van der Waals surface area contributed by atoms with E-state index in [1.165, 1.54) is 24.3 Å². The Morgan fingerprint density at radius 1 is 1.08 bits per heavy atom. The largest absolute Gasteiger partial charge is 0.321 e. The molecule has 0 spiro atoms. The number of carbonyl (C=O) groups is 1. The monoisotopic (exact) mass is 337 g/mol. The van der Waals surface area contributed by atoms with Crippen molar-refractivity contribution in [2.45, 2.75) is 13.8 Å². The molecule has 3 aromatic rings. The summed E-state index contributed by atoms with van der Waals surface area (Å²) in [6.07, 6.45) is 0. The lowest BCUT2D eigenvalue weighted by Gasteiger charge is -2.05. The maximum absolute atomic E-state index is 12.4. The van der Waals surface area contributed by atoms with Crippen molar-refractivity contribution in [1.82, 2.24) is 15.0 Å². The molecule has 1 amide bonds. The zero-order chi connectivity index (χ0) is 18.0. The molecule has 8 heteroatoms. The van der Waals surface area contributed by atoms with Gasteiger partial charge in [-0.15, -0.1) is 5.10 Å². The van der Waals surface area contributed by atoms with Crippen LogP contribution < -0.4 is 5.32 Å². The average Bonchev–Trinajstić information content (AvgIpc) is 2.98. The lowest BCUT2D eigenvalue weighted by atomic mass is 10.2. The second-order valence-corrected chi connectivity index (χ2v) is 5.53. The summed E-state index contributed by atoms with van der Waals surface area (Å²) < 4.78 is 1.59. The molecular weight excluding hydrogens is 322 g/mol. The van der Waals surface area contributed by atoms with Crippen LogP contribution in [0, 0.1) is 24.0 Å². The maximum atomic E-state index is 12.4. The normalized spacial score (nSPS) is 10.5.